The van der Waals surface area contributed by atoms with Crippen molar-refractivity contribution in [1.82, 2.24) is 16.2 Å². The van der Waals surface area contributed by atoms with Crippen molar-refractivity contribution >= 4 is 11.8 Å². The van der Waals surface area contributed by atoms with E-state index in [2.05, 4.69) is 16.2 Å². The predicted molar refractivity (Wildman–Crippen MR) is 112 cm³/mol. The lowest BCUT2D eigenvalue weighted by atomic mass is 9.74. The molecule has 3 N–H and O–H groups in total. The summed E-state index contributed by atoms with van der Waals surface area (Å²) < 4.78 is 17.8. The summed E-state index contributed by atoms with van der Waals surface area (Å²) in [6.45, 7) is 8.17. The van der Waals surface area contributed by atoms with Crippen molar-refractivity contribution in [3.63, 3.8) is 0 Å². The van der Waals surface area contributed by atoms with Gasteiger partial charge in [-0.1, -0.05) is 12.8 Å². The molecule has 0 aromatic rings. The number of hydrogen-bond acceptors (Lipinski definition) is 6. The first-order valence-electron chi connectivity index (χ1n) is 11.8. The van der Waals surface area contributed by atoms with Crippen LogP contribution in [0.15, 0.2) is 0 Å². The fourth-order valence-corrected chi connectivity index (χ4v) is 5.43. The van der Waals surface area contributed by atoms with Gasteiger partial charge in [0.1, 0.15) is 6.10 Å². The van der Waals surface area contributed by atoms with Crippen LogP contribution in [-0.2, 0) is 23.8 Å². The van der Waals surface area contributed by atoms with E-state index in [1.165, 1.54) is 0 Å². The molecule has 2 amide bonds. The third kappa shape index (κ3) is 5.52. The summed E-state index contributed by atoms with van der Waals surface area (Å²) in [6.07, 6.45) is 5.06. The van der Waals surface area contributed by atoms with Gasteiger partial charge in [0.25, 0.3) is 0 Å². The summed E-state index contributed by atoms with van der Waals surface area (Å²) in [5.74, 6) is 0.304. The van der Waals surface area contributed by atoms with Gasteiger partial charge in [-0.2, -0.15) is 0 Å². The molecular formula is C22H39N3O5. The molecule has 5 atom stereocenters. The van der Waals surface area contributed by atoms with Gasteiger partial charge in [0, 0.05) is 44.2 Å². The van der Waals surface area contributed by atoms with Crippen LogP contribution in [0.3, 0.4) is 0 Å². The number of ether oxygens (including phenoxy) is 3. The Morgan fingerprint density at radius 2 is 1.63 bits per heavy atom. The number of hydrogen-bond donors (Lipinski definition) is 3. The Labute approximate surface area is 180 Å². The first-order valence-corrected chi connectivity index (χ1v) is 11.8. The van der Waals surface area contributed by atoms with Gasteiger partial charge in [0.05, 0.1) is 12.2 Å². The lowest BCUT2D eigenvalue weighted by Crippen LogP contribution is -2.62. The van der Waals surface area contributed by atoms with E-state index in [9.17, 15) is 9.59 Å². The molecule has 0 bridgehead atoms. The highest BCUT2D eigenvalue weighted by molar-refractivity contribution is 5.80. The second-order valence-electron chi connectivity index (χ2n) is 8.62. The molecule has 0 radical (unpaired) electrons. The van der Waals surface area contributed by atoms with Gasteiger partial charge in [-0.05, 0) is 52.4 Å². The summed E-state index contributed by atoms with van der Waals surface area (Å²) in [4.78, 5) is 25.2. The zero-order valence-corrected chi connectivity index (χ0v) is 18.7. The van der Waals surface area contributed by atoms with E-state index in [1.807, 2.05) is 20.8 Å². The highest BCUT2D eigenvalue weighted by Crippen LogP contribution is 2.35. The molecule has 0 aromatic carbocycles. The SMILES string of the molecule is CCOC1CC(C(=O)NCC2NNC(=O)C3CCCCC23)CC(OCC)C1OCC. The summed E-state index contributed by atoms with van der Waals surface area (Å²) in [5, 5.41) is 3.14. The van der Waals surface area contributed by atoms with Gasteiger partial charge in [-0.3, -0.25) is 15.0 Å². The van der Waals surface area contributed by atoms with Crippen LogP contribution in [0.1, 0.15) is 59.3 Å². The molecule has 8 nitrogen and oxygen atoms in total. The Hall–Kier alpha value is -1.22. The maximum absolute atomic E-state index is 13.1. The first kappa shape index (κ1) is 23.4. The minimum absolute atomic E-state index is 0.0328. The lowest BCUT2D eigenvalue weighted by Gasteiger charge is -2.42. The molecule has 3 fully saturated rings. The Bertz CT molecular complexity index is 559. The van der Waals surface area contributed by atoms with Crippen molar-refractivity contribution in [3.05, 3.63) is 0 Å². The topological polar surface area (TPSA) is 97.9 Å². The summed E-state index contributed by atoms with van der Waals surface area (Å²) >= 11 is 0. The van der Waals surface area contributed by atoms with Crippen LogP contribution in [0.2, 0.25) is 0 Å². The van der Waals surface area contributed by atoms with E-state index in [0.717, 1.165) is 25.7 Å². The Morgan fingerprint density at radius 1 is 1.00 bits per heavy atom. The fraction of sp³-hybridized carbons (Fsp3) is 0.909. The van der Waals surface area contributed by atoms with Crippen molar-refractivity contribution < 1.29 is 23.8 Å². The maximum atomic E-state index is 13.1. The van der Waals surface area contributed by atoms with E-state index >= 15 is 0 Å². The Balaban J connectivity index is 1.59. The Morgan fingerprint density at radius 3 is 2.27 bits per heavy atom. The maximum Gasteiger partial charge on any atom is 0.237 e. The summed E-state index contributed by atoms with van der Waals surface area (Å²) in [7, 11) is 0. The minimum Gasteiger partial charge on any atom is -0.376 e. The molecule has 8 heteroatoms. The smallest absolute Gasteiger partial charge is 0.237 e. The minimum atomic E-state index is -0.171. The van der Waals surface area contributed by atoms with Gasteiger partial charge in [-0.15, -0.1) is 0 Å². The second-order valence-corrected chi connectivity index (χ2v) is 8.62. The van der Waals surface area contributed by atoms with Crippen molar-refractivity contribution in [2.24, 2.45) is 17.8 Å². The second kappa shape index (κ2) is 11.4. The van der Waals surface area contributed by atoms with Crippen molar-refractivity contribution in [2.75, 3.05) is 26.4 Å². The zero-order chi connectivity index (χ0) is 21.5. The van der Waals surface area contributed by atoms with Gasteiger partial charge >= 0.3 is 0 Å². The molecule has 172 valence electrons. The number of hydrazine groups is 1. The molecule has 2 aliphatic carbocycles. The van der Waals surface area contributed by atoms with E-state index < -0.39 is 0 Å². The number of carbonyl (C=O) groups excluding carboxylic acids is 2. The van der Waals surface area contributed by atoms with E-state index in [0.29, 0.717) is 39.2 Å². The van der Waals surface area contributed by atoms with Gasteiger partial charge in [0.2, 0.25) is 11.8 Å². The molecule has 0 aromatic heterocycles. The van der Waals surface area contributed by atoms with Gasteiger partial charge in [-0.25, -0.2) is 5.43 Å². The molecule has 3 rings (SSSR count). The molecule has 1 heterocycles. The average molecular weight is 426 g/mol. The van der Waals surface area contributed by atoms with E-state index in [-0.39, 0.29) is 53.9 Å². The third-order valence-corrected chi connectivity index (χ3v) is 6.81. The average Bonchev–Trinajstić information content (AvgIpc) is 2.75. The molecule has 5 unspecified atom stereocenters. The monoisotopic (exact) mass is 425 g/mol. The number of amides is 2. The van der Waals surface area contributed by atoms with E-state index in [1.54, 1.807) is 0 Å². The van der Waals surface area contributed by atoms with Crippen LogP contribution in [0, 0.1) is 17.8 Å². The molecule has 1 aliphatic heterocycles. The van der Waals surface area contributed by atoms with Crippen LogP contribution >= 0.6 is 0 Å². The zero-order valence-electron chi connectivity index (χ0n) is 18.7. The summed E-state index contributed by atoms with van der Waals surface area (Å²) in [5.41, 5.74) is 5.93. The summed E-state index contributed by atoms with van der Waals surface area (Å²) in [6, 6.07) is 0.0714. The number of nitrogens with one attached hydrogen (secondary N) is 3. The first-order chi connectivity index (χ1) is 14.6. The highest BCUT2D eigenvalue weighted by Gasteiger charge is 2.43. The van der Waals surface area contributed by atoms with Crippen molar-refractivity contribution in [2.45, 2.75) is 83.6 Å². The fourth-order valence-electron chi connectivity index (χ4n) is 5.43. The van der Waals surface area contributed by atoms with Crippen LogP contribution in [0.4, 0.5) is 0 Å². The highest BCUT2D eigenvalue weighted by atomic mass is 16.6. The predicted octanol–water partition coefficient (Wildman–Crippen LogP) is 1.54. The van der Waals surface area contributed by atoms with Crippen molar-refractivity contribution in [1.29, 1.82) is 0 Å². The van der Waals surface area contributed by atoms with Crippen molar-refractivity contribution in [3.8, 4) is 0 Å². The van der Waals surface area contributed by atoms with E-state index in [4.69, 9.17) is 14.2 Å². The molecular weight excluding hydrogens is 386 g/mol. The molecule has 3 aliphatic rings. The molecule has 30 heavy (non-hydrogen) atoms. The van der Waals surface area contributed by atoms with Crippen LogP contribution < -0.4 is 16.2 Å². The van der Waals surface area contributed by atoms with Crippen LogP contribution in [0.25, 0.3) is 0 Å². The number of rotatable bonds is 9. The van der Waals surface area contributed by atoms with Gasteiger partial charge in [0.15, 0.2) is 0 Å². The number of fused-ring (bicyclic) bond motifs is 1. The number of carbonyl (C=O) groups is 2. The Kier molecular flexibility index (Phi) is 8.92. The molecule has 1 saturated heterocycles. The van der Waals surface area contributed by atoms with Crippen LogP contribution in [-0.4, -0.2) is 62.5 Å². The lowest BCUT2D eigenvalue weighted by molar-refractivity contribution is -0.169. The molecule has 0 spiro atoms. The van der Waals surface area contributed by atoms with Gasteiger partial charge < -0.3 is 19.5 Å². The van der Waals surface area contributed by atoms with Crippen LogP contribution in [0.5, 0.6) is 0 Å². The third-order valence-electron chi connectivity index (χ3n) is 6.81. The molecule has 2 saturated carbocycles. The standard InChI is InChI=1S/C22H39N3O5/c1-4-28-18-11-14(12-19(29-5-2)20(18)30-6-3)21(26)23-13-17-15-9-7-8-10-16(15)22(27)25-24-17/h14-20,24H,4-13H2,1-3H3,(H,23,26)(H,25,27). The quantitative estimate of drug-likeness (QED) is 0.518. The normalized spacial score (nSPS) is 36.6. The largest absolute Gasteiger partial charge is 0.376 e.